The Morgan fingerprint density at radius 2 is 1.66 bits per heavy atom. The first-order valence-corrected chi connectivity index (χ1v) is 9.50. The first kappa shape index (κ1) is 20.6. The molecule has 6 nitrogen and oxygen atoms in total. The van der Waals surface area contributed by atoms with Crippen LogP contribution >= 0.6 is 11.6 Å². The molecule has 0 unspecified atom stereocenters. The average molecular weight is 412 g/mol. The van der Waals surface area contributed by atoms with Gasteiger partial charge in [-0.25, -0.2) is 9.48 Å². The fraction of sp³-hybridized carbons (Fsp3) is 0.227. The molecule has 1 N–H and O–H groups in total. The molecule has 2 aromatic carbocycles. The van der Waals surface area contributed by atoms with E-state index < -0.39 is 11.9 Å². The number of aryl methyl sites for hydroxylation is 3. The van der Waals surface area contributed by atoms with E-state index in [2.05, 4.69) is 10.4 Å². The molecule has 0 radical (unpaired) electrons. The largest absolute Gasteiger partial charge is 0.452 e. The minimum absolute atomic E-state index is 0.348. The van der Waals surface area contributed by atoms with E-state index in [1.807, 2.05) is 45.9 Å². The molecular weight excluding hydrogens is 390 g/mol. The van der Waals surface area contributed by atoms with Gasteiger partial charge in [-0.3, -0.25) is 4.79 Å². The molecule has 0 atom stereocenters. The molecule has 150 valence electrons. The smallest absolute Gasteiger partial charge is 0.338 e. The van der Waals surface area contributed by atoms with Gasteiger partial charge in [0.25, 0.3) is 5.91 Å². The highest BCUT2D eigenvalue weighted by Gasteiger charge is 2.13. The maximum Gasteiger partial charge on any atom is 0.338 e. The summed E-state index contributed by atoms with van der Waals surface area (Å²) in [6.45, 7) is 7.25. The molecule has 3 aromatic rings. The second kappa shape index (κ2) is 8.49. The van der Waals surface area contributed by atoms with Crippen LogP contribution < -0.4 is 5.32 Å². The van der Waals surface area contributed by atoms with Crippen LogP contribution in [0.25, 0.3) is 5.69 Å². The standard InChI is InChI=1S/C22H22ClN3O3/c1-13-9-14(2)11-18(10-13)24-20(27)12-29-22(28)17-5-7-19(8-6-17)26-16(4)21(23)15(3)25-26/h5-11H,12H2,1-4H3,(H,24,27). The minimum atomic E-state index is -0.571. The Labute approximate surface area is 174 Å². The van der Waals surface area contributed by atoms with Gasteiger partial charge in [-0.05, 0) is 75.2 Å². The van der Waals surface area contributed by atoms with Crippen molar-refractivity contribution >= 4 is 29.2 Å². The number of carbonyl (C=O) groups is 2. The third-order valence-electron chi connectivity index (χ3n) is 4.39. The van der Waals surface area contributed by atoms with E-state index in [4.69, 9.17) is 16.3 Å². The van der Waals surface area contributed by atoms with E-state index in [9.17, 15) is 9.59 Å². The van der Waals surface area contributed by atoms with Gasteiger partial charge >= 0.3 is 5.97 Å². The fourth-order valence-corrected chi connectivity index (χ4v) is 3.19. The van der Waals surface area contributed by atoms with Gasteiger partial charge < -0.3 is 10.1 Å². The highest BCUT2D eigenvalue weighted by molar-refractivity contribution is 6.31. The van der Waals surface area contributed by atoms with Gasteiger partial charge in [0, 0.05) is 5.69 Å². The van der Waals surface area contributed by atoms with Crippen molar-refractivity contribution in [3.8, 4) is 5.69 Å². The summed E-state index contributed by atoms with van der Waals surface area (Å²) in [5.74, 6) is -0.962. The summed E-state index contributed by atoms with van der Waals surface area (Å²) in [5.41, 5.74) is 5.45. The number of esters is 1. The van der Waals surface area contributed by atoms with Crippen LogP contribution in [0.1, 0.15) is 32.9 Å². The zero-order valence-electron chi connectivity index (χ0n) is 16.7. The van der Waals surface area contributed by atoms with Crippen molar-refractivity contribution in [2.45, 2.75) is 27.7 Å². The zero-order chi connectivity index (χ0) is 21.1. The summed E-state index contributed by atoms with van der Waals surface area (Å²) in [6.07, 6.45) is 0. The number of benzene rings is 2. The topological polar surface area (TPSA) is 73.2 Å². The molecule has 0 saturated carbocycles. The van der Waals surface area contributed by atoms with Crippen LogP contribution in [0.5, 0.6) is 0 Å². The first-order valence-electron chi connectivity index (χ1n) is 9.12. The minimum Gasteiger partial charge on any atom is -0.452 e. The molecule has 3 rings (SSSR count). The Bertz CT molecular complexity index is 1050. The lowest BCUT2D eigenvalue weighted by atomic mass is 10.1. The first-order chi connectivity index (χ1) is 13.7. The predicted molar refractivity (Wildman–Crippen MR) is 113 cm³/mol. The molecule has 1 heterocycles. The number of anilines is 1. The van der Waals surface area contributed by atoms with Gasteiger partial charge in [0.2, 0.25) is 0 Å². The second-order valence-corrected chi connectivity index (χ2v) is 7.32. The Hall–Kier alpha value is -3.12. The van der Waals surface area contributed by atoms with Gasteiger partial charge in [-0.2, -0.15) is 5.10 Å². The third kappa shape index (κ3) is 4.84. The highest BCUT2D eigenvalue weighted by atomic mass is 35.5. The maximum atomic E-state index is 12.2. The number of amides is 1. The van der Waals surface area contributed by atoms with Crippen molar-refractivity contribution in [1.29, 1.82) is 0 Å². The predicted octanol–water partition coefficient (Wildman–Crippen LogP) is 4.55. The number of nitrogens with zero attached hydrogens (tertiary/aromatic N) is 2. The normalized spacial score (nSPS) is 10.7. The van der Waals surface area contributed by atoms with Crippen molar-refractivity contribution < 1.29 is 14.3 Å². The van der Waals surface area contributed by atoms with E-state index in [0.29, 0.717) is 16.3 Å². The van der Waals surface area contributed by atoms with E-state index in [-0.39, 0.29) is 6.61 Å². The van der Waals surface area contributed by atoms with Gasteiger partial charge in [-0.15, -0.1) is 0 Å². The zero-order valence-corrected chi connectivity index (χ0v) is 17.5. The summed E-state index contributed by atoms with van der Waals surface area (Å²) in [5, 5.41) is 7.73. The maximum absolute atomic E-state index is 12.2. The number of rotatable bonds is 5. The fourth-order valence-electron chi connectivity index (χ4n) is 3.07. The molecule has 0 aliphatic carbocycles. The molecular formula is C22H22ClN3O3. The van der Waals surface area contributed by atoms with Crippen molar-refractivity contribution in [2.75, 3.05) is 11.9 Å². The molecule has 0 bridgehead atoms. The average Bonchev–Trinajstić information content (AvgIpc) is 2.93. The van der Waals surface area contributed by atoms with Gasteiger partial charge in [0.1, 0.15) is 0 Å². The van der Waals surface area contributed by atoms with Crippen LogP contribution in [0, 0.1) is 27.7 Å². The molecule has 1 aromatic heterocycles. The Balaban J connectivity index is 1.60. The summed E-state index contributed by atoms with van der Waals surface area (Å²) >= 11 is 6.18. The van der Waals surface area contributed by atoms with Crippen LogP contribution in [-0.2, 0) is 9.53 Å². The molecule has 0 spiro atoms. The molecule has 0 aliphatic heterocycles. The monoisotopic (exact) mass is 411 g/mol. The van der Waals surface area contributed by atoms with Crippen molar-refractivity contribution in [1.82, 2.24) is 9.78 Å². The Morgan fingerprint density at radius 3 is 2.21 bits per heavy atom. The highest BCUT2D eigenvalue weighted by Crippen LogP contribution is 2.22. The molecule has 1 amide bonds. The summed E-state index contributed by atoms with van der Waals surface area (Å²) in [6, 6.07) is 12.5. The number of hydrogen-bond donors (Lipinski definition) is 1. The number of ether oxygens (including phenoxy) is 1. The van der Waals surface area contributed by atoms with Crippen LogP contribution in [0.2, 0.25) is 5.02 Å². The van der Waals surface area contributed by atoms with E-state index in [1.54, 1.807) is 28.9 Å². The van der Waals surface area contributed by atoms with E-state index in [0.717, 1.165) is 28.2 Å². The van der Waals surface area contributed by atoms with Crippen LogP contribution in [0.15, 0.2) is 42.5 Å². The van der Waals surface area contributed by atoms with Crippen molar-refractivity contribution in [3.63, 3.8) is 0 Å². The SMILES string of the molecule is Cc1cc(C)cc(NC(=O)COC(=O)c2ccc(-n3nc(C)c(Cl)c3C)cc2)c1. The van der Waals surface area contributed by atoms with Crippen LogP contribution in [0.3, 0.4) is 0 Å². The number of nitrogens with one attached hydrogen (secondary N) is 1. The molecule has 0 aliphatic rings. The lowest BCUT2D eigenvalue weighted by Gasteiger charge is -2.09. The summed E-state index contributed by atoms with van der Waals surface area (Å²) in [4.78, 5) is 24.3. The molecule has 0 fully saturated rings. The third-order valence-corrected chi connectivity index (χ3v) is 4.94. The van der Waals surface area contributed by atoms with Gasteiger partial charge in [0.05, 0.1) is 27.7 Å². The molecule has 0 saturated heterocycles. The Kier molecular flexibility index (Phi) is 6.03. The lowest BCUT2D eigenvalue weighted by Crippen LogP contribution is -2.21. The lowest BCUT2D eigenvalue weighted by molar-refractivity contribution is -0.119. The number of carbonyl (C=O) groups excluding carboxylic acids is 2. The quantitative estimate of drug-likeness (QED) is 0.625. The molecule has 29 heavy (non-hydrogen) atoms. The van der Waals surface area contributed by atoms with Crippen molar-refractivity contribution in [3.05, 3.63) is 75.6 Å². The van der Waals surface area contributed by atoms with Gasteiger partial charge in [0.15, 0.2) is 6.61 Å². The van der Waals surface area contributed by atoms with Crippen LogP contribution in [0.4, 0.5) is 5.69 Å². The summed E-state index contributed by atoms with van der Waals surface area (Å²) in [7, 11) is 0. The van der Waals surface area contributed by atoms with Crippen LogP contribution in [-0.4, -0.2) is 28.3 Å². The van der Waals surface area contributed by atoms with E-state index >= 15 is 0 Å². The second-order valence-electron chi connectivity index (χ2n) is 6.94. The molecule has 7 heteroatoms. The Morgan fingerprint density at radius 1 is 1.03 bits per heavy atom. The number of aromatic nitrogens is 2. The van der Waals surface area contributed by atoms with Gasteiger partial charge in [-0.1, -0.05) is 17.7 Å². The van der Waals surface area contributed by atoms with Crippen molar-refractivity contribution in [2.24, 2.45) is 0 Å². The number of hydrogen-bond acceptors (Lipinski definition) is 4. The summed E-state index contributed by atoms with van der Waals surface area (Å²) < 4.78 is 6.83. The number of halogens is 1. The van der Waals surface area contributed by atoms with E-state index in [1.165, 1.54) is 0 Å².